The minimum absolute atomic E-state index is 0.258. The van der Waals surface area contributed by atoms with E-state index in [1.807, 2.05) is 97.1 Å². The summed E-state index contributed by atoms with van der Waals surface area (Å²) in [6.45, 7) is 0. The third-order valence-electron chi connectivity index (χ3n) is 10.4. The van der Waals surface area contributed by atoms with E-state index in [9.17, 15) is 0 Å². The van der Waals surface area contributed by atoms with Crippen molar-refractivity contribution in [2.45, 2.75) is 6.17 Å². The van der Waals surface area contributed by atoms with Crippen molar-refractivity contribution in [2.24, 2.45) is 9.98 Å². The Kier molecular flexibility index (Phi) is 9.18. The Balaban J connectivity index is 1.01. The molecule has 0 aliphatic carbocycles. The molecule has 0 spiro atoms. The summed E-state index contributed by atoms with van der Waals surface area (Å²) in [7, 11) is 0. The smallest absolute Gasteiger partial charge is 0.164 e. The molecule has 0 saturated heterocycles. The molecule has 0 amide bonds. The van der Waals surface area contributed by atoms with Crippen molar-refractivity contribution in [1.82, 2.24) is 20.3 Å². The maximum absolute atomic E-state index is 5.03. The third kappa shape index (κ3) is 7.06. The molecule has 0 saturated carbocycles. The van der Waals surface area contributed by atoms with Gasteiger partial charge in [-0.3, -0.25) is 0 Å². The molecule has 10 rings (SSSR count). The zero-order valence-corrected chi connectivity index (χ0v) is 31.4. The number of benzene rings is 8. The minimum Gasteiger partial charge on any atom is -0.344 e. The average molecular weight is 745 g/mol. The van der Waals surface area contributed by atoms with Gasteiger partial charge in [0.05, 0.1) is 0 Å². The fourth-order valence-corrected chi connectivity index (χ4v) is 7.38. The number of hydrogen-bond acceptors (Lipinski definition) is 6. The van der Waals surface area contributed by atoms with Crippen LogP contribution < -0.4 is 5.32 Å². The van der Waals surface area contributed by atoms with Gasteiger partial charge in [-0.1, -0.05) is 194 Å². The first-order chi connectivity index (χ1) is 28.7. The van der Waals surface area contributed by atoms with Gasteiger partial charge in [0, 0.05) is 27.8 Å². The number of nitrogens with zero attached hydrogens (tertiary/aromatic N) is 5. The van der Waals surface area contributed by atoms with Gasteiger partial charge in [-0.2, -0.15) is 0 Å². The van der Waals surface area contributed by atoms with E-state index in [1.165, 1.54) is 10.8 Å². The first-order valence-corrected chi connectivity index (χ1v) is 19.4. The van der Waals surface area contributed by atoms with E-state index in [2.05, 4.69) is 115 Å². The monoisotopic (exact) mass is 744 g/mol. The van der Waals surface area contributed by atoms with Crippen LogP contribution >= 0.6 is 0 Å². The van der Waals surface area contributed by atoms with Gasteiger partial charge in [0.15, 0.2) is 23.3 Å². The van der Waals surface area contributed by atoms with Gasteiger partial charge in [0.1, 0.15) is 12.0 Å². The molecule has 1 atom stereocenters. The number of rotatable bonds is 8. The second-order valence-electron chi connectivity index (χ2n) is 14.2. The lowest BCUT2D eigenvalue weighted by molar-refractivity contribution is 0.674. The molecule has 0 fully saturated rings. The maximum atomic E-state index is 5.03. The van der Waals surface area contributed by atoms with Crippen LogP contribution in [0.2, 0.25) is 0 Å². The molecule has 274 valence electrons. The van der Waals surface area contributed by atoms with Crippen LogP contribution in [0.4, 0.5) is 0 Å². The molecule has 1 aliphatic heterocycles. The second kappa shape index (κ2) is 15.4. The summed E-state index contributed by atoms with van der Waals surface area (Å²) in [5.74, 6) is 3.40. The Hall–Kier alpha value is -7.83. The molecule has 9 aromatic rings. The molecular weight excluding hydrogens is 709 g/mol. The Labute approximate surface area is 337 Å². The Morgan fingerprint density at radius 3 is 1.21 bits per heavy atom. The number of aromatic nitrogens is 3. The number of amidine groups is 2. The lowest BCUT2D eigenvalue weighted by Crippen LogP contribution is -2.33. The summed E-state index contributed by atoms with van der Waals surface area (Å²) < 4.78 is 0. The van der Waals surface area contributed by atoms with E-state index >= 15 is 0 Å². The predicted molar refractivity (Wildman–Crippen MR) is 236 cm³/mol. The number of aliphatic imine (C=N–C) groups is 2. The van der Waals surface area contributed by atoms with Gasteiger partial charge in [0.2, 0.25) is 0 Å². The standard InChI is InChI=1S/C52H36N6/c1-5-15-37(16-6-1)47-53-48(38-17-7-2-8-18-38)56-51(55-47)41-29-25-35(26-30-41)45-33-43-23-13-14-24-44(43)34-46(45)36-27-31-42(32-28-36)52-57-49(39-19-9-3-10-20-39)54-50(58-52)40-21-11-4-12-22-40/h1-34,47H,(H,53,55,56). The van der Waals surface area contributed by atoms with Crippen molar-refractivity contribution in [2.75, 3.05) is 0 Å². The van der Waals surface area contributed by atoms with Crippen LogP contribution in [-0.4, -0.2) is 26.6 Å². The van der Waals surface area contributed by atoms with Crippen LogP contribution in [0.25, 0.3) is 67.2 Å². The van der Waals surface area contributed by atoms with E-state index < -0.39 is 0 Å². The second-order valence-corrected chi connectivity index (χ2v) is 14.2. The predicted octanol–water partition coefficient (Wildman–Crippen LogP) is 11.9. The number of nitrogens with one attached hydrogen (secondary N) is 1. The molecule has 8 aromatic carbocycles. The van der Waals surface area contributed by atoms with Crippen molar-refractivity contribution in [3.63, 3.8) is 0 Å². The molecule has 6 heteroatoms. The molecule has 6 nitrogen and oxygen atoms in total. The van der Waals surface area contributed by atoms with E-state index in [-0.39, 0.29) is 6.17 Å². The molecule has 1 aromatic heterocycles. The molecule has 0 radical (unpaired) electrons. The van der Waals surface area contributed by atoms with Gasteiger partial charge in [0.25, 0.3) is 0 Å². The highest BCUT2D eigenvalue weighted by Gasteiger charge is 2.21. The van der Waals surface area contributed by atoms with Crippen LogP contribution in [0.3, 0.4) is 0 Å². The fraction of sp³-hybridized carbons (Fsp3) is 0.0192. The van der Waals surface area contributed by atoms with E-state index in [4.69, 9.17) is 24.9 Å². The topological polar surface area (TPSA) is 75.4 Å². The van der Waals surface area contributed by atoms with Gasteiger partial charge < -0.3 is 5.32 Å². The molecule has 1 aliphatic rings. The largest absolute Gasteiger partial charge is 0.344 e. The van der Waals surface area contributed by atoms with Gasteiger partial charge >= 0.3 is 0 Å². The third-order valence-corrected chi connectivity index (χ3v) is 10.4. The Morgan fingerprint density at radius 2 is 0.724 bits per heavy atom. The number of hydrogen-bond donors (Lipinski definition) is 1. The summed E-state index contributed by atoms with van der Waals surface area (Å²) in [4.78, 5) is 24.8. The van der Waals surface area contributed by atoms with Crippen LogP contribution in [0.5, 0.6) is 0 Å². The Morgan fingerprint density at radius 1 is 0.345 bits per heavy atom. The van der Waals surface area contributed by atoms with Crippen LogP contribution in [0.1, 0.15) is 22.9 Å². The normalized spacial score (nSPS) is 13.7. The van der Waals surface area contributed by atoms with Gasteiger partial charge in [-0.15, -0.1) is 0 Å². The molecule has 1 N–H and O–H groups in total. The summed E-state index contributed by atoms with van der Waals surface area (Å²) in [5, 5.41) is 5.96. The zero-order chi connectivity index (χ0) is 38.7. The van der Waals surface area contributed by atoms with Crippen molar-refractivity contribution in [3.05, 3.63) is 223 Å². The lowest BCUT2D eigenvalue weighted by Gasteiger charge is -2.23. The summed E-state index contributed by atoms with van der Waals surface area (Å²) in [6, 6.07) is 70.9. The van der Waals surface area contributed by atoms with Crippen LogP contribution in [-0.2, 0) is 0 Å². The van der Waals surface area contributed by atoms with E-state index in [0.29, 0.717) is 23.3 Å². The highest BCUT2D eigenvalue weighted by molar-refractivity contribution is 6.13. The molecule has 0 bridgehead atoms. The van der Waals surface area contributed by atoms with Gasteiger partial charge in [-0.05, 0) is 50.7 Å². The summed E-state index contributed by atoms with van der Waals surface area (Å²) in [5.41, 5.74) is 10.3. The van der Waals surface area contributed by atoms with Crippen LogP contribution in [0, 0.1) is 0 Å². The summed E-state index contributed by atoms with van der Waals surface area (Å²) >= 11 is 0. The minimum atomic E-state index is -0.258. The Bertz CT molecular complexity index is 2870. The van der Waals surface area contributed by atoms with E-state index in [1.54, 1.807) is 0 Å². The molecule has 2 heterocycles. The van der Waals surface area contributed by atoms with Crippen molar-refractivity contribution < 1.29 is 0 Å². The fourth-order valence-electron chi connectivity index (χ4n) is 7.38. The van der Waals surface area contributed by atoms with Crippen molar-refractivity contribution in [1.29, 1.82) is 0 Å². The van der Waals surface area contributed by atoms with E-state index in [0.717, 1.165) is 61.5 Å². The highest BCUT2D eigenvalue weighted by Crippen LogP contribution is 2.37. The molecule has 58 heavy (non-hydrogen) atoms. The average Bonchev–Trinajstić information content (AvgIpc) is 3.32. The summed E-state index contributed by atoms with van der Waals surface area (Å²) in [6.07, 6.45) is -0.258. The first kappa shape index (κ1) is 34.6. The van der Waals surface area contributed by atoms with Crippen molar-refractivity contribution in [3.8, 4) is 56.4 Å². The zero-order valence-electron chi connectivity index (χ0n) is 31.4. The lowest BCUT2D eigenvalue weighted by atomic mass is 9.90. The SMILES string of the molecule is c1ccc(C2=NC(c3ccccc3)NC(c3ccc(-c4cc5ccccc5cc4-c4ccc(-c5nc(-c6ccccc6)nc(-c6ccccc6)n5)cc4)cc3)=N2)cc1. The van der Waals surface area contributed by atoms with Gasteiger partial charge in [-0.25, -0.2) is 24.9 Å². The first-order valence-electron chi connectivity index (χ1n) is 19.4. The highest BCUT2D eigenvalue weighted by atomic mass is 15.2. The quantitative estimate of drug-likeness (QED) is 0.168. The number of fused-ring (bicyclic) bond motifs is 1. The maximum Gasteiger partial charge on any atom is 0.164 e. The van der Waals surface area contributed by atoms with Crippen LogP contribution in [0.15, 0.2) is 216 Å². The van der Waals surface area contributed by atoms with Crippen molar-refractivity contribution >= 4 is 22.4 Å². The molecule has 1 unspecified atom stereocenters. The molecular formula is C52H36N6.